The summed E-state index contributed by atoms with van der Waals surface area (Å²) in [7, 11) is 0. The van der Waals surface area contributed by atoms with E-state index in [0.29, 0.717) is 17.1 Å². The summed E-state index contributed by atoms with van der Waals surface area (Å²) in [6.45, 7) is 19.5. The number of pyridine rings is 4. The Kier molecular flexibility index (Phi) is 24.1. The highest BCUT2D eigenvalue weighted by Gasteiger charge is 2.12. The van der Waals surface area contributed by atoms with Crippen LogP contribution in [-0.2, 0) is 0 Å². The Balaban J connectivity index is 0.000000155. The summed E-state index contributed by atoms with van der Waals surface area (Å²) in [4.78, 5) is 53.7. The number of benzene rings is 7. The number of aliphatic imine (C=N–C) groups is 4. The molecule has 0 aliphatic carbocycles. The monoisotopic (exact) mass is 1230 g/mol. The zero-order chi connectivity index (χ0) is 63.2. The molecule has 0 unspecified atom stereocenters. The first-order chi connectivity index (χ1) is 43.0. The molecule has 11 aromatic rings. The van der Waals surface area contributed by atoms with Gasteiger partial charge in [-0.15, -0.1) is 11.8 Å². The molecule has 0 amide bonds. The van der Waals surface area contributed by atoms with Crippen LogP contribution in [-0.4, -0.2) is 56.3 Å². The molecule has 0 aliphatic rings. The minimum absolute atomic E-state index is 0.0845. The van der Waals surface area contributed by atoms with Gasteiger partial charge in [0, 0.05) is 48.2 Å². The molecule has 9 nitrogen and oxygen atoms in total. The fraction of sp³-hybridized carbons (Fsp3) is 0.145. The number of nitrogens with zero attached hydrogens (tertiary/aromatic N) is 8. The van der Waals surface area contributed by atoms with Crippen LogP contribution < -0.4 is 0 Å². The van der Waals surface area contributed by atoms with E-state index in [0.717, 1.165) is 83.0 Å². The quantitative estimate of drug-likeness (QED) is 0.0600. The summed E-state index contributed by atoms with van der Waals surface area (Å²) in [6, 6.07) is 69.7. The molecule has 446 valence electrons. The lowest BCUT2D eigenvalue weighted by molar-refractivity contribution is 0.101. The van der Waals surface area contributed by atoms with Crippen molar-refractivity contribution in [2.24, 2.45) is 20.0 Å². The smallest absolute Gasteiger partial charge is 0.178 e. The zero-order valence-electron chi connectivity index (χ0n) is 52.0. The first kappa shape index (κ1) is 65.7. The SMILES string of the molecule is CC(=O)c1cccc(C(C)=Nc2c(C)cc(F)cc2C)n1.CSc1ccccc1N=Cc1cccc(C)n1.Cc1cccc(C)c1Sc1ccccc1N=Cc1ccc2ccccc2n1.Cc1cccc(C=Nc2ccccc2Sc2c(C)cccc2C)n1. The number of aromatic nitrogens is 4. The van der Waals surface area contributed by atoms with Crippen LogP contribution in [0.2, 0.25) is 0 Å². The van der Waals surface area contributed by atoms with Gasteiger partial charge in [0.15, 0.2) is 5.78 Å². The molecule has 0 fully saturated rings. The van der Waals surface area contributed by atoms with Crippen LogP contribution in [0.1, 0.15) is 91.9 Å². The summed E-state index contributed by atoms with van der Waals surface area (Å²) >= 11 is 5.24. The third-order valence-electron chi connectivity index (χ3n) is 13.7. The number of para-hydroxylation sites is 4. The largest absolute Gasteiger partial charge is 0.293 e. The van der Waals surface area contributed by atoms with Crippen LogP contribution in [0.3, 0.4) is 0 Å². The van der Waals surface area contributed by atoms with Crippen LogP contribution >= 0.6 is 35.3 Å². The number of halogens is 1. The molecule has 0 spiro atoms. The Morgan fingerprint density at radius 2 is 0.831 bits per heavy atom. The molecule has 0 saturated carbocycles. The maximum Gasteiger partial charge on any atom is 0.178 e. The van der Waals surface area contributed by atoms with E-state index in [1.807, 2.05) is 156 Å². The normalized spacial score (nSPS) is 11.3. The Labute approximate surface area is 536 Å². The second kappa shape index (κ2) is 32.6. The number of hydrogen-bond acceptors (Lipinski definition) is 12. The third-order valence-corrected chi connectivity index (χ3v) is 17.3. The Morgan fingerprint density at radius 3 is 1.31 bits per heavy atom. The highest BCUT2D eigenvalue weighted by Crippen LogP contribution is 2.40. The fourth-order valence-corrected chi connectivity index (χ4v) is 11.8. The molecule has 0 aliphatic heterocycles. The highest BCUT2D eigenvalue weighted by atomic mass is 32.2. The van der Waals surface area contributed by atoms with Crippen molar-refractivity contribution in [1.29, 1.82) is 0 Å². The number of hydrogen-bond donors (Lipinski definition) is 0. The fourth-order valence-electron chi connectivity index (χ4n) is 9.15. The van der Waals surface area contributed by atoms with Gasteiger partial charge in [0.1, 0.15) is 11.5 Å². The van der Waals surface area contributed by atoms with E-state index in [2.05, 4.69) is 148 Å². The second-order valence-electron chi connectivity index (χ2n) is 20.9. The molecule has 0 radical (unpaired) electrons. The molecule has 0 N–H and O–H groups in total. The summed E-state index contributed by atoms with van der Waals surface area (Å²) < 4.78 is 13.3. The van der Waals surface area contributed by atoms with Crippen LogP contribution in [0.15, 0.2) is 257 Å². The van der Waals surface area contributed by atoms with E-state index in [1.54, 1.807) is 53.5 Å². The molecule has 13 heteroatoms. The van der Waals surface area contributed by atoms with Crippen molar-refractivity contribution in [3.8, 4) is 0 Å². The van der Waals surface area contributed by atoms with E-state index >= 15 is 0 Å². The molecule has 11 rings (SSSR count). The molecular formula is C76H71FN8OS3. The average Bonchev–Trinajstić information content (AvgIpc) is 3.71. The Morgan fingerprint density at radius 1 is 0.416 bits per heavy atom. The molecule has 4 heterocycles. The first-order valence-corrected chi connectivity index (χ1v) is 31.8. The van der Waals surface area contributed by atoms with Crippen molar-refractivity contribution in [1.82, 2.24) is 19.9 Å². The average molecular weight is 1230 g/mol. The van der Waals surface area contributed by atoms with E-state index in [4.69, 9.17) is 4.99 Å². The van der Waals surface area contributed by atoms with Gasteiger partial charge < -0.3 is 0 Å². The van der Waals surface area contributed by atoms with Gasteiger partial charge in [-0.25, -0.2) is 14.4 Å². The summed E-state index contributed by atoms with van der Waals surface area (Å²) in [6.07, 6.45) is 7.54. The minimum atomic E-state index is -0.265. The Hall–Kier alpha value is -9.27. The van der Waals surface area contributed by atoms with Crippen LogP contribution in [0.25, 0.3) is 10.9 Å². The number of thioether (sulfide) groups is 1. The molecule has 4 aromatic heterocycles. The van der Waals surface area contributed by atoms with Crippen molar-refractivity contribution in [3.63, 3.8) is 0 Å². The van der Waals surface area contributed by atoms with Crippen molar-refractivity contribution in [2.45, 2.75) is 93.7 Å². The van der Waals surface area contributed by atoms with Crippen LogP contribution in [0.5, 0.6) is 0 Å². The molecule has 0 bridgehead atoms. The van der Waals surface area contributed by atoms with Crippen molar-refractivity contribution >= 4 is 99.1 Å². The molecule has 0 saturated heterocycles. The van der Waals surface area contributed by atoms with Crippen LogP contribution in [0.4, 0.5) is 27.1 Å². The van der Waals surface area contributed by atoms with Crippen molar-refractivity contribution in [3.05, 3.63) is 291 Å². The summed E-state index contributed by atoms with van der Waals surface area (Å²) in [5.41, 5.74) is 17.7. The van der Waals surface area contributed by atoms with E-state index < -0.39 is 0 Å². The standard InChI is InChI=1S/C24H20N2S.C21H20N2S.C17H17FN2O.C14H14N2S/c1-17-8-7-9-18(2)24(17)27-23-13-6-5-12-22(23)25-16-20-15-14-19-10-3-4-11-21(19)26-20;1-15-8-6-9-16(2)21(15)24-20-13-5-4-12-19(20)22-14-18-11-7-10-17(3)23-18;1-10-8-14(18)9-11(2)17(10)19-12(3)15-6-5-7-16(20-15)13(4)21;1-11-6-5-7-12(16-11)10-15-13-8-3-4-9-14(13)17-2/h3-16H,1-2H3;4-14H,1-3H3;5-9H,1-4H3;3-10H,1-2H3. The van der Waals surface area contributed by atoms with Crippen molar-refractivity contribution in [2.75, 3.05) is 6.26 Å². The van der Waals surface area contributed by atoms with Gasteiger partial charge in [0.05, 0.1) is 75.4 Å². The maximum absolute atomic E-state index is 13.3. The molecule has 0 atom stereocenters. The number of ketones is 1. The highest BCUT2D eigenvalue weighted by molar-refractivity contribution is 8.00. The molecule has 89 heavy (non-hydrogen) atoms. The van der Waals surface area contributed by atoms with Crippen molar-refractivity contribution < 1.29 is 9.18 Å². The number of carbonyl (C=O) groups is 1. The number of rotatable bonds is 14. The number of Topliss-reactive ketones (excluding diaryl/α,β-unsaturated/α-hetero) is 1. The van der Waals surface area contributed by atoms with Gasteiger partial charge in [0.25, 0.3) is 0 Å². The topological polar surface area (TPSA) is 118 Å². The van der Waals surface area contributed by atoms with Gasteiger partial charge in [-0.05, 0) is 199 Å². The summed E-state index contributed by atoms with van der Waals surface area (Å²) in [5, 5.41) is 1.14. The lowest BCUT2D eigenvalue weighted by Gasteiger charge is -2.10. The maximum atomic E-state index is 13.3. The predicted molar refractivity (Wildman–Crippen MR) is 375 cm³/mol. The lowest BCUT2D eigenvalue weighted by atomic mass is 10.1. The third kappa shape index (κ3) is 19.4. The number of aryl methyl sites for hydroxylation is 8. The summed E-state index contributed by atoms with van der Waals surface area (Å²) in [5.74, 6) is -0.350. The van der Waals surface area contributed by atoms with Gasteiger partial charge in [-0.1, -0.05) is 139 Å². The van der Waals surface area contributed by atoms with E-state index in [9.17, 15) is 9.18 Å². The minimum Gasteiger partial charge on any atom is -0.293 e. The molecule has 7 aromatic carbocycles. The number of fused-ring (bicyclic) bond motifs is 1. The van der Waals surface area contributed by atoms with Gasteiger partial charge in [-0.2, -0.15) is 0 Å². The lowest BCUT2D eigenvalue weighted by Crippen LogP contribution is -2.04. The van der Waals surface area contributed by atoms with Gasteiger partial charge in [0.2, 0.25) is 0 Å². The van der Waals surface area contributed by atoms with E-state index in [-0.39, 0.29) is 11.6 Å². The van der Waals surface area contributed by atoms with Gasteiger partial charge >= 0.3 is 0 Å². The second-order valence-corrected chi connectivity index (χ2v) is 23.9. The van der Waals surface area contributed by atoms with Crippen LogP contribution in [0, 0.1) is 61.2 Å². The predicted octanol–water partition coefficient (Wildman–Crippen LogP) is 20.7. The Bertz CT molecular complexity index is 4320. The van der Waals surface area contributed by atoms with Gasteiger partial charge in [-0.3, -0.25) is 34.7 Å². The number of carbonyl (C=O) groups excluding carboxylic acids is 1. The van der Waals surface area contributed by atoms with E-state index in [1.165, 1.54) is 56.0 Å². The molecular weight excluding hydrogens is 1160 g/mol. The first-order valence-electron chi connectivity index (χ1n) is 29.0. The zero-order valence-corrected chi connectivity index (χ0v) is 54.5.